The Labute approximate surface area is 85.0 Å². The van der Waals surface area contributed by atoms with Crippen molar-refractivity contribution in [2.24, 2.45) is 5.41 Å². The Bertz CT molecular complexity index is 273. The molecule has 1 aromatic heterocycles. The van der Waals surface area contributed by atoms with Gasteiger partial charge in [0.15, 0.2) is 0 Å². The molecule has 0 saturated carbocycles. The highest BCUT2D eigenvalue weighted by molar-refractivity contribution is 5.35. The first-order valence-corrected chi connectivity index (χ1v) is 4.79. The quantitative estimate of drug-likeness (QED) is 0.771. The normalized spacial score (nSPS) is 11.4. The second-order valence-corrected chi connectivity index (χ2v) is 4.56. The predicted molar refractivity (Wildman–Crippen MR) is 59.0 cm³/mol. The van der Waals surface area contributed by atoms with Crippen LogP contribution in [0.5, 0.6) is 0 Å². The van der Waals surface area contributed by atoms with Gasteiger partial charge >= 0.3 is 0 Å². The van der Waals surface area contributed by atoms with Gasteiger partial charge in [0.2, 0.25) is 0 Å². The van der Waals surface area contributed by atoms with Crippen molar-refractivity contribution in [3.63, 3.8) is 0 Å². The third kappa shape index (κ3) is 4.07. The molecule has 0 radical (unpaired) electrons. The lowest BCUT2D eigenvalue weighted by Gasteiger charge is -2.18. The van der Waals surface area contributed by atoms with E-state index in [0.717, 1.165) is 18.8 Å². The second-order valence-electron chi connectivity index (χ2n) is 4.56. The topological polar surface area (TPSA) is 63.8 Å². The molecule has 14 heavy (non-hydrogen) atoms. The second kappa shape index (κ2) is 4.26. The first kappa shape index (κ1) is 10.8. The zero-order valence-electron chi connectivity index (χ0n) is 9.04. The third-order valence-corrected chi connectivity index (χ3v) is 1.85. The summed E-state index contributed by atoms with van der Waals surface area (Å²) in [4.78, 5) is 8.05. The van der Waals surface area contributed by atoms with Gasteiger partial charge in [-0.05, 0) is 11.8 Å². The molecule has 1 rings (SSSR count). The summed E-state index contributed by atoms with van der Waals surface area (Å²) in [6, 6.07) is 0. The van der Waals surface area contributed by atoms with E-state index in [0.29, 0.717) is 11.2 Å². The van der Waals surface area contributed by atoms with Crippen molar-refractivity contribution >= 4 is 11.6 Å². The molecule has 0 aliphatic rings. The number of nitrogen functional groups attached to an aromatic ring is 1. The van der Waals surface area contributed by atoms with Crippen LogP contribution in [0.2, 0.25) is 0 Å². The Hall–Kier alpha value is -1.32. The average molecular weight is 194 g/mol. The lowest BCUT2D eigenvalue weighted by Crippen LogP contribution is -2.13. The van der Waals surface area contributed by atoms with Gasteiger partial charge in [-0.2, -0.15) is 0 Å². The number of hydrogen-bond donors (Lipinski definition) is 2. The van der Waals surface area contributed by atoms with Gasteiger partial charge in [-0.15, -0.1) is 0 Å². The molecule has 0 amide bonds. The minimum absolute atomic E-state index is 0.342. The van der Waals surface area contributed by atoms with Gasteiger partial charge in [-0.3, -0.25) is 0 Å². The summed E-state index contributed by atoms with van der Waals surface area (Å²) in [7, 11) is 0. The van der Waals surface area contributed by atoms with Gasteiger partial charge in [-0.1, -0.05) is 20.8 Å². The molecule has 0 saturated heterocycles. The molecule has 0 spiro atoms. The fraction of sp³-hybridized carbons (Fsp3) is 0.600. The van der Waals surface area contributed by atoms with Gasteiger partial charge in [0.05, 0.1) is 12.4 Å². The van der Waals surface area contributed by atoms with E-state index in [1.807, 2.05) is 0 Å². The number of nitrogens with zero attached hydrogens (tertiary/aromatic N) is 2. The Morgan fingerprint density at radius 3 is 2.50 bits per heavy atom. The van der Waals surface area contributed by atoms with Crippen LogP contribution in [0.4, 0.5) is 11.6 Å². The molecular weight excluding hydrogens is 176 g/mol. The van der Waals surface area contributed by atoms with E-state index in [1.54, 1.807) is 12.4 Å². The van der Waals surface area contributed by atoms with E-state index in [9.17, 15) is 0 Å². The van der Waals surface area contributed by atoms with Crippen LogP contribution in [0, 0.1) is 5.41 Å². The molecule has 0 aromatic carbocycles. The van der Waals surface area contributed by atoms with Crippen molar-refractivity contribution in [3.05, 3.63) is 12.4 Å². The van der Waals surface area contributed by atoms with E-state index < -0.39 is 0 Å². The maximum Gasteiger partial charge on any atom is 0.144 e. The Morgan fingerprint density at radius 2 is 2.00 bits per heavy atom. The maximum absolute atomic E-state index is 5.42. The van der Waals surface area contributed by atoms with Crippen molar-refractivity contribution in [1.29, 1.82) is 0 Å². The van der Waals surface area contributed by atoms with Crippen molar-refractivity contribution in [1.82, 2.24) is 9.97 Å². The number of nitrogens with one attached hydrogen (secondary N) is 1. The smallest absolute Gasteiger partial charge is 0.144 e. The van der Waals surface area contributed by atoms with Crippen LogP contribution in [0.3, 0.4) is 0 Å². The Balaban J connectivity index is 2.35. The summed E-state index contributed by atoms with van der Waals surface area (Å²) >= 11 is 0. The van der Waals surface area contributed by atoms with Crippen molar-refractivity contribution in [3.8, 4) is 0 Å². The summed E-state index contributed by atoms with van der Waals surface area (Å²) in [6.07, 6.45) is 4.30. The minimum atomic E-state index is 0.342. The number of anilines is 2. The third-order valence-electron chi connectivity index (χ3n) is 1.85. The fourth-order valence-corrected chi connectivity index (χ4v) is 0.995. The number of rotatable bonds is 3. The zero-order chi connectivity index (χ0) is 10.6. The monoisotopic (exact) mass is 194 g/mol. The van der Waals surface area contributed by atoms with Crippen LogP contribution in [0.25, 0.3) is 0 Å². The van der Waals surface area contributed by atoms with Crippen LogP contribution >= 0.6 is 0 Å². The van der Waals surface area contributed by atoms with Crippen LogP contribution < -0.4 is 11.1 Å². The van der Waals surface area contributed by atoms with Crippen molar-refractivity contribution in [2.45, 2.75) is 27.2 Å². The highest BCUT2D eigenvalue weighted by Gasteiger charge is 2.08. The molecule has 3 N–H and O–H groups in total. The molecule has 1 aromatic rings. The number of hydrogen-bond acceptors (Lipinski definition) is 4. The summed E-state index contributed by atoms with van der Waals surface area (Å²) < 4.78 is 0. The molecule has 0 atom stereocenters. The highest BCUT2D eigenvalue weighted by Crippen LogP contribution is 2.17. The first-order chi connectivity index (χ1) is 6.47. The highest BCUT2D eigenvalue weighted by atomic mass is 15.0. The number of aromatic nitrogens is 2. The molecule has 0 unspecified atom stereocenters. The number of nitrogens with two attached hydrogens (primary N) is 1. The van der Waals surface area contributed by atoms with Crippen LogP contribution in [0.15, 0.2) is 12.4 Å². The minimum Gasteiger partial charge on any atom is -0.382 e. The Morgan fingerprint density at radius 1 is 1.29 bits per heavy atom. The maximum atomic E-state index is 5.42. The first-order valence-electron chi connectivity index (χ1n) is 4.79. The average Bonchev–Trinajstić information content (AvgIpc) is 2.06. The summed E-state index contributed by atoms with van der Waals surface area (Å²) in [6.45, 7) is 7.54. The van der Waals surface area contributed by atoms with E-state index in [2.05, 4.69) is 36.1 Å². The van der Waals surface area contributed by atoms with Crippen LogP contribution in [0.1, 0.15) is 27.2 Å². The fourth-order valence-electron chi connectivity index (χ4n) is 0.995. The largest absolute Gasteiger partial charge is 0.382 e. The standard InChI is InChI=1S/C10H18N4/c1-10(2,3)4-5-12-9-7-13-8(11)6-14-9/h6-7H,4-5H2,1-3H3,(H2,11,13)(H,12,14). The van der Waals surface area contributed by atoms with Gasteiger partial charge in [0.1, 0.15) is 11.6 Å². The zero-order valence-corrected chi connectivity index (χ0v) is 9.04. The van der Waals surface area contributed by atoms with Gasteiger partial charge in [0.25, 0.3) is 0 Å². The van der Waals surface area contributed by atoms with E-state index >= 15 is 0 Å². The molecular formula is C10H18N4. The lowest BCUT2D eigenvalue weighted by molar-refractivity contribution is 0.389. The summed E-state index contributed by atoms with van der Waals surface area (Å²) in [5, 5.41) is 3.20. The van der Waals surface area contributed by atoms with Gasteiger partial charge in [-0.25, -0.2) is 9.97 Å². The molecule has 78 valence electrons. The van der Waals surface area contributed by atoms with E-state index in [4.69, 9.17) is 5.73 Å². The lowest BCUT2D eigenvalue weighted by atomic mass is 9.92. The predicted octanol–water partition coefficient (Wildman–Crippen LogP) is 1.91. The van der Waals surface area contributed by atoms with Crippen molar-refractivity contribution in [2.75, 3.05) is 17.6 Å². The van der Waals surface area contributed by atoms with E-state index in [-0.39, 0.29) is 0 Å². The molecule has 1 heterocycles. The molecule has 4 nitrogen and oxygen atoms in total. The SMILES string of the molecule is CC(C)(C)CCNc1cnc(N)cn1. The van der Waals surface area contributed by atoms with Crippen LogP contribution in [-0.2, 0) is 0 Å². The van der Waals surface area contributed by atoms with Crippen molar-refractivity contribution < 1.29 is 0 Å². The van der Waals surface area contributed by atoms with Gasteiger partial charge < -0.3 is 11.1 Å². The molecule has 4 heteroatoms. The molecule has 0 aliphatic heterocycles. The van der Waals surface area contributed by atoms with Gasteiger partial charge in [0, 0.05) is 6.54 Å². The summed E-state index contributed by atoms with van der Waals surface area (Å²) in [5.41, 5.74) is 5.76. The Kier molecular flexibility index (Phi) is 3.28. The van der Waals surface area contributed by atoms with Crippen LogP contribution in [-0.4, -0.2) is 16.5 Å². The molecule has 0 fully saturated rings. The van der Waals surface area contributed by atoms with E-state index in [1.165, 1.54) is 0 Å². The summed E-state index contributed by atoms with van der Waals surface area (Å²) in [5.74, 6) is 1.23. The molecule has 0 aliphatic carbocycles. The molecule has 0 bridgehead atoms.